The van der Waals surface area contributed by atoms with E-state index in [1.54, 1.807) is 19.0 Å². The number of rotatable bonds is 4. The quantitative estimate of drug-likeness (QED) is 0.817. The predicted molar refractivity (Wildman–Crippen MR) is 90.2 cm³/mol. The van der Waals surface area contributed by atoms with Crippen LogP contribution in [0, 0.1) is 6.42 Å². The molecule has 3 saturated heterocycles. The van der Waals surface area contributed by atoms with E-state index >= 15 is 0 Å². The molecule has 3 aliphatic rings. The molecule has 2 bridgehead atoms. The minimum atomic E-state index is -0.285. The number of urea groups is 1. The van der Waals surface area contributed by atoms with Crippen LogP contribution in [0.3, 0.4) is 0 Å². The number of hydrogen-bond acceptors (Lipinski definition) is 4. The number of aliphatic hydroxyl groups excluding tert-OH is 1. The second-order valence-electron chi connectivity index (χ2n) is 7.46. The molecule has 0 aromatic heterocycles. The van der Waals surface area contributed by atoms with Crippen molar-refractivity contribution in [3.05, 3.63) is 6.42 Å². The van der Waals surface area contributed by atoms with Gasteiger partial charge in [-0.1, -0.05) is 0 Å². The van der Waals surface area contributed by atoms with Crippen molar-refractivity contribution >= 4 is 6.03 Å². The van der Waals surface area contributed by atoms with Crippen molar-refractivity contribution < 1.29 is 9.90 Å². The Kier molecular flexibility index (Phi) is 5.44. The maximum absolute atomic E-state index is 11.9. The molecule has 0 aliphatic carbocycles. The van der Waals surface area contributed by atoms with E-state index in [2.05, 4.69) is 16.2 Å². The van der Waals surface area contributed by atoms with Crippen molar-refractivity contribution in [2.75, 3.05) is 53.4 Å². The smallest absolute Gasteiger partial charge is 0.319 e. The first-order chi connectivity index (χ1) is 11.0. The SMILES string of the molecule is CN(C)C(=O)N1CCN(CC(O)CN2[C@@H]3C[CH]C[C@H]2CC3)CC1. The summed E-state index contributed by atoms with van der Waals surface area (Å²) in [6.45, 7) is 4.76. The van der Waals surface area contributed by atoms with Crippen molar-refractivity contribution in [1.29, 1.82) is 0 Å². The zero-order valence-electron chi connectivity index (χ0n) is 14.5. The normalized spacial score (nSPS) is 30.5. The van der Waals surface area contributed by atoms with Crippen molar-refractivity contribution in [2.45, 2.75) is 43.9 Å². The summed E-state index contributed by atoms with van der Waals surface area (Å²) in [5.74, 6) is 0. The van der Waals surface area contributed by atoms with E-state index in [1.807, 2.05) is 4.90 Å². The number of hydrogen-bond donors (Lipinski definition) is 1. The fourth-order valence-electron chi connectivity index (χ4n) is 4.30. The summed E-state index contributed by atoms with van der Waals surface area (Å²) < 4.78 is 0. The first kappa shape index (κ1) is 17.0. The molecule has 1 radical (unpaired) electrons. The molecule has 3 fully saturated rings. The fourth-order valence-corrected chi connectivity index (χ4v) is 4.30. The van der Waals surface area contributed by atoms with Gasteiger partial charge in [0.05, 0.1) is 6.10 Å². The Morgan fingerprint density at radius 3 is 2.30 bits per heavy atom. The van der Waals surface area contributed by atoms with Crippen LogP contribution in [-0.2, 0) is 0 Å². The Balaban J connectivity index is 1.41. The molecule has 6 nitrogen and oxygen atoms in total. The maximum Gasteiger partial charge on any atom is 0.319 e. The molecule has 3 heterocycles. The van der Waals surface area contributed by atoms with Crippen LogP contribution in [0.5, 0.6) is 0 Å². The number of β-amino-alcohol motifs (C(OH)–C–C–N with tert-alkyl or cyclic N) is 1. The van der Waals surface area contributed by atoms with Gasteiger partial charge < -0.3 is 14.9 Å². The van der Waals surface area contributed by atoms with E-state index in [9.17, 15) is 9.90 Å². The second kappa shape index (κ2) is 7.36. The number of piperidine rings is 1. The molecule has 3 atom stereocenters. The Bertz CT molecular complexity index is 393. The van der Waals surface area contributed by atoms with E-state index in [4.69, 9.17) is 0 Å². The molecule has 2 amide bonds. The number of carbonyl (C=O) groups excluding carboxylic acids is 1. The van der Waals surface area contributed by atoms with Gasteiger partial charge in [-0.25, -0.2) is 4.79 Å². The van der Waals surface area contributed by atoms with Gasteiger partial charge in [-0.3, -0.25) is 9.80 Å². The first-order valence-electron chi connectivity index (χ1n) is 8.98. The third-order valence-corrected chi connectivity index (χ3v) is 5.56. The van der Waals surface area contributed by atoms with Gasteiger partial charge in [0.1, 0.15) is 0 Å². The average Bonchev–Trinajstić information content (AvgIpc) is 2.75. The largest absolute Gasteiger partial charge is 0.390 e. The van der Waals surface area contributed by atoms with Crippen LogP contribution in [-0.4, -0.2) is 102 Å². The van der Waals surface area contributed by atoms with Crippen molar-refractivity contribution in [1.82, 2.24) is 19.6 Å². The first-order valence-corrected chi connectivity index (χ1v) is 8.98. The third kappa shape index (κ3) is 3.98. The summed E-state index contributed by atoms with van der Waals surface area (Å²) in [5.41, 5.74) is 0. The predicted octanol–water partition coefficient (Wildman–Crippen LogP) is 0.478. The zero-order chi connectivity index (χ0) is 16.4. The van der Waals surface area contributed by atoms with Crippen LogP contribution in [0.15, 0.2) is 0 Å². The second-order valence-corrected chi connectivity index (χ2v) is 7.46. The molecule has 0 spiro atoms. The Morgan fingerprint density at radius 2 is 1.74 bits per heavy atom. The van der Waals surface area contributed by atoms with E-state index in [1.165, 1.54) is 25.7 Å². The van der Waals surface area contributed by atoms with Crippen LogP contribution in [0.2, 0.25) is 0 Å². The van der Waals surface area contributed by atoms with Gasteiger partial charge in [-0.2, -0.15) is 0 Å². The van der Waals surface area contributed by atoms with Gasteiger partial charge in [-0.05, 0) is 32.1 Å². The van der Waals surface area contributed by atoms with E-state index in [0.717, 1.165) is 39.3 Å². The molecule has 1 unspecified atom stereocenters. The molecule has 0 saturated carbocycles. The Labute approximate surface area is 140 Å². The van der Waals surface area contributed by atoms with Gasteiger partial charge in [-0.15, -0.1) is 0 Å². The number of nitrogens with zero attached hydrogens (tertiary/aromatic N) is 4. The topological polar surface area (TPSA) is 50.3 Å². The zero-order valence-corrected chi connectivity index (χ0v) is 14.5. The van der Waals surface area contributed by atoms with Gasteiger partial charge >= 0.3 is 6.03 Å². The van der Waals surface area contributed by atoms with Gasteiger partial charge in [0.15, 0.2) is 0 Å². The Morgan fingerprint density at radius 1 is 1.13 bits per heavy atom. The lowest BCUT2D eigenvalue weighted by Crippen LogP contribution is -2.54. The summed E-state index contributed by atoms with van der Waals surface area (Å²) in [4.78, 5) is 20.3. The molecule has 0 aromatic carbocycles. The van der Waals surface area contributed by atoms with Crippen LogP contribution >= 0.6 is 0 Å². The molecule has 6 heteroatoms. The lowest BCUT2D eigenvalue weighted by Gasteiger charge is -2.39. The molecule has 0 aromatic rings. The van der Waals surface area contributed by atoms with E-state index in [-0.39, 0.29) is 12.1 Å². The Hall–Kier alpha value is -0.850. The maximum atomic E-state index is 11.9. The number of carbonyl (C=O) groups is 1. The highest BCUT2D eigenvalue weighted by Gasteiger charge is 2.37. The summed E-state index contributed by atoms with van der Waals surface area (Å²) in [5, 5.41) is 10.5. The fraction of sp³-hybridized carbons (Fsp3) is 0.882. The summed E-state index contributed by atoms with van der Waals surface area (Å²) in [7, 11) is 3.59. The summed E-state index contributed by atoms with van der Waals surface area (Å²) >= 11 is 0. The van der Waals surface area contributed by atoms with Gasteiger partial charge in [0.2, 0.25) is 0 Å². The molecular formula is C17H31N4O2. The molecule has 3 rings (SSSR count). The van der Waals surface area contributed by atoms with Crippen LogP contribution in [0.25, 0.3) is 0 Å². The van der Waals surface area contributed by atoms with Crippen LogP contribution in [0.1, 0.15) is 25.7 Å². The summed E-state index contributed by atoms with van der Waals surface area (Å²) in [6, 6.07) is 1.42. The van der Waals surface area contributed by atoms with Crippen LogP contribution < -0.4 is 0 Å². The number of piperazine rings is 1. The highest BCUT2D eigenvalue weighted by molar-refractivity contribution is 5.73. The lowest BCUT2D eigenvalue weighted by atomic mass is 10.0. The third-order valence-electron chi connectivity index (χ3n) is 5.56. The monoisotopic (exact) mass is 323 g/mol. The lowest BCUT2D eigenvalue weighted by molar-refractivity contribution is 0.0352. The highest BCUT2D eigenvalue weighted by atomic mass is 16.3. The minimum Gasteiger partial charge on any atom is -0.390 e. The molecule has 131 valence electrons. The summed E-state index contributed by atoms with van der Waals surface area (Å²) in [6.07, 6.45) is 7.10. The molecule has 23 heavy (non-hydrogen) atoms. The van der Waals surface area contributed by atoms with Gasteiger partial charge in [0, 0.05) is 65.4 Å². The molecule has 3 aliphatic heterocycles. The van der Waals surface area contributed by atoms with Crippen molar-refractivity contribution in [3.8, 4) is 0 Å². The van der Waals surface area contributed by atoms with Gasteiger partial charge in [0.25, 0.3) is 0 Å². The van der Waals surface area contributed by atoms with Crippen LogP contribution in [0.4, 0.5) is 4.79 Å². The average molecular weight is 323 g/mol. The minimum absolute atomic E-state index is 0.0892. The molecular weight excluding hydrogens is 292 g/mol. The highest BCUT2D eigenvalue weighted by Crippen LogP contribution is 2.34. The number of fused-ring (bicyclic) bond motifs is 2. The number of amides is 2. The standard InChI is InChI=1S/C17H31N4O2/c1-18(2)17(23)20-10-8-19(9-11-20)12-16(22)13-21-14-4-3-5-15(21)7-6-14/h3,14-16,22H,4-13H2,1-2H3/t14-,15+,16?. The van der Waals surface area contributed by atoms with Crippen molar-refractivity contribution in [3.63, 3.8) is 0 Å². The number of aliphatic hydroxyl groups is 1. The van der Waals surface area contributed by atoms with Crippen molar-refractivity contribution in [2.24, 2.45) is 0 Å². The van der Waals surface area contributed by atoms with E-state index in [0.29, 0.717) is 12.1 Å². The molecule has 1 N–H and O–H groups in total. The van der Waals surface area contributed by atoms with E-state index < -0.39 is 0 Å².